The zero-order chi connectivity index (χ0) is 17.3. The van der Waals surface area contributed by atoms with Gasteiger partial charge in [-0.15, -0.1) is 0 Å². The number of benzene rings is 2. The third-order valence-electron chi connectivity index (χ3n) is 4.69. The molecular formula is C22H32OSi. The fourth-order valence-electron chi connectivity index (χ4n) is 3.09. The maximum atomic E-state index is 5.94. The molecule has 0 aromatic heterocycles. The van der Waals surface area contributed by atoms with Gasteiger partial charge < -0.3 is 4.74 Å². The quantitative estimate of drug-likeness (QED) is 0.333. The van der Waals surface area contributed by atoms with Gasteiger partial charge in [-0.3, -0.25) is 0 Å². The van der Waals surface area contributed by atoms with Crippen LogP contribution in [0, 0.1) is 0 Å². The molecule has 2 rings (SSSR count). The molecule has 2 aromatic rings. The highest BCUT2D eigenvalue weighted by atomic mass is 28.3. The molecule has 0 spiro atoms. The van der Waals surface area contributed by atoms with Crippen molar-refractivity contribution in [2.24, 2.45) is 0 Å². The molecule has 0 atom stereocenters. The summed E-state index contributed by atoms with van der Waals surface area (Å²) in [5.41, 5.74) is 2.50. The van der Waals surface area contributed by atoms with E-state index in [9.17, 15) is 0 Å². The minimum Gasteiger partial charge on any atom is -0.494 e. The average molecular weight is 341 g/mol. The standard InChI is InChI=1S/C22H32OSi/c1-4-5-9-18-24(2,3)19-10-17-23-22-15-13-21(14-16-22)20-11-7-6-8-12-20/h6-8,11-16H,4-5,9-10,17-19H2,1-3H3. The van der Waals surface area contributed by atoms with Crippen molar-refractivity contribution in [2.45, 2.75) is 57.8 Å². The number of hydrogen-bond donors (Lipinski definition) is 0. The lowest BCUT2D eigenvalue weighted by atomic mass is 10.1. The molecule has 0 saturated carbocycles. The van der Waals surface area contributed by atoms with Gasteiger partial charge in [-0.1, -0.05) is 93.8 Å². The van der Waals surface area contributed by atoms with Gasteiger partial charge in [0.15, 0.2) is 0 Å². The van der Waals surface area contributed by atoms with Gasteiger partial charge in [-0.05, 0) is 29.7 Å². The molecule has 1 nitrogen and oxygen atoms in total. The molecule has 0 amide bonds. The molecule has 130 valence electrons. The van der Waals surface area contributed by atoms with Gasteiger partial charge in [0.05, 0.1) is 6.61 Å². The highest BCUT2D eigenvalue weighted by Gasteiger charge is 2.19. The molecule has 2 heteroatoms. The number of hydrogen-bond acceptors (Lipinski definition) is 1. The van der Waals surface area contributed by atoms with Gasteiger partial charge >= 0.3 is 0 Å². The minimum absolute atomic E-state index is 0.842. The van der Waals surface area contributed by atoms with Crippen LogP contribution in [-0.4, -0.2) is 14.7 Å². The first-order chi connectivity index (χ1) is 11.6. The van der Waals surface area contributed by atoms with Crippen molar-refractivity contribution in [1.29, 1.82) is 0 Å². The molecule has 0 N–H and O–H groups in total. The summed E-state index contributed by atoms with van der Waals surface area (Å²) in [6.07, 6.45) is 5.32. The lowest BCUT2D eigenvalue weighted by Gasteiger charge is -2.22. The van der Waals surface area contributed by atoms with Gasteiger partial charge in [0, 0.05) is 8.07 Å². The summed E-state index contributed by atoms with van der Waals surface area (Å²) < 4.78 is 5.94. The van der Waals surface area contributed by atoms with Gasteiger partial charge in [-0.2, -0.15) is 0 Å². The SMILES string of the molecule is CCCCC[Si](C)(C)CCCOc1ccc(-c2ccccc2)cc1. The second-order valence-electron chi connectivity index (χ2n) is 7.46. The van der Waals surface area contributed by atoms with Crippen molar-refractivity contribution < 1.29 is 4.74 Å². The fraction of sp³-hybridized carbons (Fsp3) is 0.455. The molecule has 24 heavy (non-hydrogen) atoms. The summed E-state index contributed by atoms with van der Waals surface area (Å²) in [5.74, 6) is 0.986. The first kappa shape index (κ1) is 18.8. The van der Waals surface area contributed by atoms with E-state index in [1.54, 1.807) is 0 Å². The Bertz CT molecular complexity index is 575. The molecule has 2 aromatic carbocycles. The highest BCUT2D eigenvalue weighted by molar-refractivity contribution is 6.77. The van der Waals surface area contributed by atoms with Crippen molar-refractivity contribution in [1.82, 2.24) is 0 Å². The molecule has 0 radical (unpaired) electrons. The Hall–Kier alpha value is -1.54. The van der Waals surface area contributed by atoms with Crippen LogP contribution in [0.5, 0.6) is 5.75 Å². The summed E-state index contributed by atoms with van der Waals surface area (Å²) >= 11 is 0. The molecule has 0 aliphatic carbocycles. The summed E-state index contributed by atoms with van der Waals surface area (Å²) in [5, 5.41) is 0. The van der Waals surface area contributed by atoms with Crippen LogP contribution < -0.4 is 4.74 Å². The van der Waals surface area contributed by atoms with E-state index >= 15 is 0 Å². The Morgan fingerprint density at radius 3 is 2.04 bits per heavy atom. The Kier molecular flexibility index (Phi) is 7.58. The second-order valence-corrected chi connectivity index (χ2v) is 12.8. The van der Waals surface area contributed by atoms with E-state index in [1.807, 2.05) is 6.07 Å². The molecule has 0 unspecified atom stereocenters. The number of unbranched alkanes of at least 4 members (excludes halogenated alkanes) is 2. The van der Waals surface area contributed by atoms with E-state index in [2.05, 4.69) is 68.5 Å². The number of ether oxygens (including phenoxy) is 1. The second kappa shape index (κ2) is 9.68. The predicted molar refractivity (Wildman–Crippen MR) is 109 cm³/mol. The van der Waals surface area contributed by atoms with Crippen LogP contribution in [0.2, 0.25) is 25.2 Å². The normalized spacial score (nSPS) is 11.5. The van der Waals surface area contributed by atoms with Gasteiger partial charge in [0.25, 0.3) is 0 Å². The van der Waals surface area contributed by atoms with E-state index in [-0.39, 0.29) is 0 Å². The molecule has 0 aliphatic heterocycles. The zero-order valence-corrected chi connectivity index (χ0v) is 16.6. The van der Waals surface area contributed by atoms with Crippen LogP contribution in [0.1, 0.15) is 32.6 Å². The first-order valence-electron chi connectivity index (χ1n) is 9.39. The highest BCUT2D eigenvalue weighted by Crippen LogP contribution is 2.23. The van der Waals surface area contributed by atoms with Crippen LogP contribution in [0.4, 0.5) is 0 Å². The predicted octanol–water partition coefficient (Wildman–Crippen LogP) is 7.02. The molecule has 0 heterocycles. The van der Waals surface area contributed by atoms with Crippen molar-refractivity contribution in [3.05, 3.63) is 54.6 Å². The lowest BCUT2D eigenvalue weighted by molar-refractivity contribution is 0.316. The van der Waals surface area contributed by atoms with E-state index in [1.165, 1.54) is 48.9 Å². The third-order valence-corrected chi connectivity index (χ3v) is 8.10. The average Bonchev–Trinajstić information content (AvgIpc) is 2.60. The third kappa shape index (κ3) is 6.52. The van der Waals surface area contributed by atoms with Crippen LogP contribution in [0.3, 0.4) is 0 Å². The van der Waals surface area contributed by atoms with Gasteiger partial charge in [-0.25, -0.2) is 0 Å². The summed E-state index contributed by atoms with van der Waals surface area (Å²) in [7, 11) is -1.01. The smallest absolute Gasteiger partial charge is 0.119 e. The topological polar surface area (TPSA) is 9.23 Å². The van der Waals surface area contributed by atoms with Crippen molar-refractivity contribution >= 4 is 8.07 Å². The van der Waals surface area contributed by atoms with Crippen LogP contribution >= 0.6 is 0 Å². The van der Waals surface area contributed by atoms with Crippen molar-refractivity contribution in [2.75, 3.05) is 6.61 Å². The van der Waals surface area contributed by atoms with Crippen molar-refractivity contribution in [3.63, 3.8) is 0 Å². The molecule has 0 bridgehead atoms. The van der Waals surface area contributed by atoms with E-state index in [0.717, 1.165) is 12.4 Å². The van der Waals surface area contributed by atoms with E-state index in [4.69, 9.17) is 4.74 Å². The monoisotopic (exact) mass is 340 g/mol. The lowest BCUT2D eigenvalue weighted by Crippen LogP contribution is -2.25. The largest absolute Gasteiger partial charge is 0.494 e. The Labute approximate surface area is 149 Å². The molecular weight excluding hydrogens is 308 g/mol. The van der Waals surface area contributed by atoms with E-state index < -0.39 is 8.07 Å². The number of rotatable bonds is 10. The van der Waals surface area contributed by atoms with Crippen LogP contribution in [0.15, 0.2) is 54.6 Å². The first-order valence-corrected chi connectivity index (χ1v) is 12.8. The van der Waals surface area contributed by atoms with Crippen LogP contribution in [0.25, 0.3) is 11.1 Å². The molecule has 0 saturated heterocycles. The van der Waals surface area contributed by atoms with Gasteiger partial charge in [0.1, 0.15) is 5.75 Å². The van der Waals surface area contributed by atoms with E-state index in [0.29, 0.717) is 0 Å². The van der Waals surface area contributed by atoms with Gasteiger partial charge in [0.2, 0.25) is 0 Å². The summed E-state index contributed by atoms with van der Waals surface area (Å²) in [6.45, 7) is 8.18. The Balaban J connectivity index is 1.73. The summed E-state index contributed by atoms with van der Waals surface area (Å²) in [6, 6.07) is 21.8. The van der Waals surface area contributed by atoms with Crippen LogP contribution in [-0.2, 0) is 0 Å². The fourth-order valence-corrected chi connectivity index (χ4v) is 5.65. The zero-order valence-electron chi connectivity index (χ0n) is 15.6. The Morgan fingerprint density at radius 1 is 0.750 bits per heavy atom. The Morgan fingerprint density at radius 2 is 1.38 bits per heavy atom. The maximum absolute atomic E-state index is 5.94. The minimum atomic E-state index is -1.01. The maximum Gasteiger partial charge on any atom is 0.119 e. The van der Waals surface area contributed by atoms with Crippen molar-refractivity contribution in [3.8, 4) is 16.9 Å². The molecule has 0 aliphatic rings. The molecule has 0 fully saturated rings. The summed E-state index contributed by atoms with van der Waals surface area (Å²) in [4.78, 5) is 0.